The molecular weight excluding hydrogens is 883 g/mol. The summed E-state index contributed by atoms with van der Waals surface area (Å²) in [4.78, 5) is 16.2. The molecule has 0 aliphatic heterocycles. The highest BCUT2D eigenvalue weighted by Crippen LogP contribution is 2.47. The Bertz CT molecular complexity index is 4640. The van der Waals surface area contributed by atoms with Crippen LogP contribution in [0.5, 0.6) is 0 Å². The zero-order valence-corrected chi connectivity index (χ0v) is 39.0. The largest absolute Gasteiger partial charge is 0.309 e. The number of benzene rings is 11. The first-order chi connectivity index (χ1) is 35.2. The summed E-state index contributed by atoms with van der Waals surface area (Å²) in [6, 6.07) is 85.1. The van der Waals surface area contributed by atoms with Crippen molar-refractivity contribution in [3.8, 4) is 56.7 Å². The molecular formula is C65H39N5S. The van der Waals surface area contributed by atoms with Crippen LogP contribution in [0.4, 0.5) is 0 Å². The van der Waals surface area contributed by atoms with Crippen LogP contribution in [0, 0.1) is 0 Å². The maximum Gasteiger partial charge on any atom is 0.164 e. The minimum absolute atomic E-state index is 0.603. The molecule has 330 valence electrons. The standard InChI is InChI=1S/C65H39N5S/c1-3-18-41(19-4-1)63-66-64(68-65(67-63)50-28-15-31-56-60(50)49-26-12-14-30-54(49)69(56)45-22-5-2-6-23-45)44-33-35-55(70-53-29-13-11-25-47(53)51-37-42-20-7-8-21-43(42)39-57(51)70)52(38-44)48-27-16-32-58-62(48)61-46-24-10-9-17-40(46)34-36-59(61)71-58/h1-39H. The topological polar surface area (TPSA) is 48.5 Å². The Hall–Kier alpha value is -9.23. The third-order valence-electron chi connectivity index (χ3n) is 14.3. The van der Waals surface area contributed by atoms with Gasteiger partial charge in [0.2, 0.25) is 0 Å². The summed E-state index contributed by atoms with van der Waals surface area (Å²) in [6.45, 7) is 0. The molecule has 4 heterocycles. The van der Waals surface area contributed by atoms with Gasteiger partial charge in [0.15, 0.2) is 17.5 Å². The fourth-order valence-corrected chi connectivity index (χ4v) is 12.4. The van der Waals surface area contributed by atoms with Crippen LogP contribution in [-0.2, 0) is 0 Å². The smallest absolute Gasteiger partial charge is 0.164 e. The van der Waals surface area contributed by atoms with Gasteiger partial charge in [-0.25, -0.2) is 15.0 Å². The molecule has 0 aliphatic rings. The predicted octanol–water partition coefficient (Wildman–Crippen LogP) is 17.4. The number of para-hydroxylation sites is 3. The summed E-state index contributed by atoms with van der Waals surface area (Å²) >= 11 is 1.86. The van der Waals surface area contributed by atoms with Crippen molar-refractivity contribution in [2.75, 3.05) is 0 Å². The average molecular weight is 922 g/mol. The number of rotatable bonds is 6. The molecule has 0 amide bonds. The van der Waals surface area contributed by atoms with Gasteiger partial charge in [0.25, 0.3) is 0 Å². The molecule has 4 aromatic heterocycles. The molecule has 0 radical (unpaired) electrons. The van der Waals surface area contributed by atoms with Gasteiger partial charge in [-0.05, 0) is 99.9 Å². The maximum absolute atomic E-state index is 5.51. The van der Waals surface area contributed by atoms with Gasteiger partial charge in [0, 0.05) is 69.7 Å². The Morgan fingerprint density at radius 1 is 0.296 bits per heavy atom. The fraction of sp³-hybridized carbons (Fsp3) is 0. The Morgan fingerprint density at radius 3 is 1.72 bits per heavy atom. The van der Waals surface area contributed by atoms with E-state index in [0.29, 0.717) is 17.5 Å². The summed E-state index contributed by atoms with van der Waals surface area (Å²) < 4.78 is 7.33. The molecule has 0 aliphatic carbocycles. The van der Waals surface area contributed by atoms with Crippen molar-refractivity contribution in [1.29, 1.82) is 0 Å². The molecule has 6 heteroatoms. The SMILES string of the molecule is c1ccc(-c2nc(-c3ccc(-n4c5ccccc5c5cc6ccccc6cc54)c(-c4cccc5sc6ccc7ccccc7c6c45)c3)nc(-c3cccc4c3c3ccccc3n4-c3ccccc3)n2)cc1. The van der Waals surface area contributed by atoms with Crippen LogP contribution in [-0.4, -0.2) is 24.1 Å². The van der Waals surface area contributed by atoms with Crippen molar-refractivity contribution in [2.45, 2.75) is 0 Å². The van der Waals surface area contributed by atoms with Crippen molar-refractivity contribution in [3.63, 3.8) is 0 Å². The van der Waals surface area contributed by atoms with E-state index in [1.165, 1.54) is 52.5 Å². The molecule has 0 N–H and O–H groups in total. The number of aromatic nitrogens is 5. The molecule has 71 heavy (non-hydrogen) atoms. The van der Waals surface area contributed by atoms with Crippen molar-refractivity contribution >= 4 is 96.7 Å². The lowest BCUT2D eigenvalue weighted by Crippen LogP contribution is -2.02. The Morgan fingerprint density at radius 2 is 0.901 bits per heavy atom. The molecule has 0 unspecified atom stereocenters. The summed E-state index contributed by atoms with van der Waals surface area (Å²) in [5, 5.41) is 12.1. The van der Waals surface area contributed by atoms with E-state index in [1.54, 1.807) is 0 Å². The van der Waals surface area contributed by atoms with Crippen LogP contribution in [0.3, 0.4) is 0 Å². The molecule has 5 nitrogen and oxygen atoms in total. The van der Waals surface area contributed by atoms with Gasteiger partial charge in [0.05, 0.1) is 27.8 Å². The molecule has 0 saturated carbocycles. The van der Waals surface area contributed by atoms with Crippen LogP contribution < -0.4 is 0 Å². The van der Waals surface area contributed by atoms with Crippen LogP contribution in [0.25, 0.3) is 142 Å². The van der Waals surface area contributed by atoms with Crippen LogP contribution in [0.15, 0.2) is 237 Å². The lowest BCUT2D eigenvalue weighted by atomic mass is 9.94. The number of fused-ring (bicyclic) bond motifs is 12. The normalized spacial score (nSPS) is 11.9. The van der Waals surface area contributed by atoms with Gasteiger partial charge < -0.3 is 9.13 Å². The monoisotopic (exact) mass is 921 g/mol. The molecule has 0 atom stereocenters. The summed E-state index contributed by atoms with van der Waals surface area (Å²) in [5.74, 6) is 1.84. The fourth-order valence-electron chi connectivity index (χ4n) is 11.2. The summed E-state index contributed by atoms with van der Waals surface area (Å²) in [6.07, 6.45) is 0. The van der Waals surface area contributed by atoms with Gasteiger partial charge >= 0.3 is 0 Å². The molecule has 0 spiro atoms. The Balaban J connectivity index is 1.04. The van der Waals surface area contributed by atoms with Gasteiger partial charge in [-0.3, -0.25) is 0 Å². The second-order valence-corrected chi connectivity index (χ2v) is 19.4. The van der Waals surface area contributed by atoms with Crippen LogP contribution in [0.2, 0.25) is 0 Å². The highest BCUT2D eigenvalue weighted by Gasteiger charge is 2.24. The first kappa shape index (κ1) is 39.7. The van der Waals surface area contributed by atoms with E-state index in [-0.39, 0.29) is 0 Å². The van der Waals surface area contributed by atoms with Crippen molar-refractivity contribution in [2.24, 2.45) is 0 Å². The quantitative estimate of drug-likeness (QED) is 0.167. The third kappa shape index (κ3) is 6.15. The first-order valence-corrected chi connectivity index (χ1v) is 24.8. The summed E-state index contributed by atoms with van der Waals surface area (Å²) in [7, 11) is 0. The van der Waals surface area contributed by atoms with Gasteiger partial charge in [-0.15, -0.1) is 11.3 Å². The number of hydrogen-bond donors (Lipinski definition) is 0. The Labute approximate surface area is 411 Å². The highest BCUT2D eigenvalue weighted by molar-refractivity contribution is 7.26. The van der Waals surface area contributed by atoms with E-state index in [9.17, 15) is 0 Å². The van der Waals surface area contributed by atoms with Crippen LogP contribution >= 0.6 is 11.3 Å². The third-order valence-corrected chi connectivity index (χ3v) is 15.5. The van der Waals surface area contributed by atoms with Gasteiger partial charge in [-0.2, -0.15) is 0 Å². The van der Waals surface area contributed by atoms with E-state index in [4.69, 9.17) is 15.0 Å². The summed E-state index contributed by atoms with van der Waals surface area (Å²) in [5.41, 5.74) is 11.7. The van der Waals surface area contributed by atoms with Gasteiger partial charge in [0.1, 0.15) is 0 Å². The van der Waals surface area contributed by atoms with E-state index in [2.05, 4.69) is 228 Å². The highest BCUT2D eigenvalue weighted by atomic mass is 32.1. The van der Waals surface area contributed by atoms with Gasteiger partial charge in [-0.1, -0.05) is 164 Å². The zero-order valence-electron chi connectivity index (χ0n) is 38.2. The van der Waals surface area contributed by atoms with E-state index in [1.807, 2.05) is 29.5 Å². The molecule has 11 aromatic carbocycles. The lowest BCUT2D eigenvalue weighted by molar-refractivity contribution is 1.07. The van der Waals surface area contributed by atoms with Crippen molar-refractivity contribution < 1.29 is 0 Å². The van der Waals surface area contributed by atoms with E-state index >= 15 is 0 Å². The molecule has 0 fully saturated rings. The predicted molar refractivity (Wildman–Crippen MR) is 298 cm³/mol. The maximum atomic E-state index is 5.51. The number of hydrogen-bond acceptors (Lipinski definition) is 4. The molecule has 15 aromatic rings. The number of thiophene rings is 1. The number of nitrogens with zero attached hydrogens (tertiary/aromatic N) is 5. The second kappa shape index (κ2) is 15.7. The van der Waals surface area contributed by atoms with Crippen LogP contribution in [0.1, 0.15) is 0 Å². The van der Waals surface area contributed by atoms with E-state index in [0.717, 1.165) is 72.0 Å². The molecule has 0 saturated heterocycles. The second-order valence-electron chi connectivity index (χ2n) is 18.3. The average Bonchev–Trinajstić information content (AvgIpc) is 4.10. The first-order valence-electron chi connectivity index (χ1n) is 24.0. The van der Waals surface area contributed by atoms with Crippen molar-refractivity contribution in [3.05, 3.63) is 237 Å². The minimum atomic E-state index is 0.603. The Kier molecular flexibility index (Phi) is 8.76. The lowest BCUT2D eigenvalue weighted by Gasteiger charge is -2.17. The molecule has 0 bridgehead atoms. The minimum Gasteiger partial charge on any atom is -0.309 e. The van der Waals surface area contributed by atoms with Crippen molar-refractivity contribution in [1.82, 2.24) is 24.1 Å². The molecule has 15 rings (SSSR count). The van der Waals surface area contributed by atoms with E-state index < -0.39 is 0 Å². The zero-order chi connectivity index (χ0) is 46.6.